The van der Waals surface area contributed by atoms with E-state index in [1.54, 1.807) is 43.6 Å². The summed E-state index contributed by atoms with van der Waals surface area (Å²) >= 11 is 0. The van der Waals surface area contributed by atoms with E-state index < -0.39 is 16.0 Å². The van der Waals surface area contributed by atoms with E-state index in [0.717, 1.165) is 11.6 Å². The summed E-state index contributed by atoms with van der Waals surface area (Å²) < 4.78 is 27.4. The molecule has 1 heterocycles. The third-order valence-corrected chi connectivity index (χ3v) is 4.65. The van der Waals surface area contributed by atoms with Crippen molar-refractivity contribution in [1.29, 1.82) is 0 Å². The third-order valence-electron chi connectivity index (χ3n) is 3.10. The molecule has 120 valence electrons. The average Bonchev–Trinajstić information content (AvgIpc) is 2.53. The molecule has 0 aliphatic rings. The van der Waals surface area contributed by atoms with Gasteiger partial charge < -0.3 is 9.90 Å². The van der Waals surface area contributed by atoms with Crippen LogP contribution >= 0.6 is 0 Å². The second-order valence-electron chi connectivity index (χ2n) is 4.86. The van der Waals surface area contributed by atoms with Crippen LogP contribution in [0.3, 0.4) is 0 Å². The summed E-state index contributed by atoms with van der Waals surface area (Å²) in [6.45, 7) is 1.79. The number of benzene rings is 1. The number of aryl methyl sites for hydroxylation is 1. The molecule has 0 bridgehead atoms. The van der Waals surface area contributed by atoms with Gasteiger partial charge in [-0.15, -0.1) is 0 Å². The normalized spacial score (nSPS) is 11.7. The summed E-state index contributed by atoms with van der Waals surface area (Å²) in [4.78, 5) is 14.5. The zero-order chi connectivity index (χ0) is 16.9. The van der Waals surface area contributed by atoms with E-state index in [4.69, 9.17) is 0 Å². The van der Waals surface area contributed by atoms with Gasteiger partial charge in [-0.2, -0.15) is 0 Å². The molecule has 0 saturated heterocycles. The van der Waals surface area contributed by atoms with Crippen molar-refractivity contribution in [2.24, 2.45) is 0 Å². The molecule has 0 saturated carbocycles. The minimum absolute atomic E-state index is 0.0990. The van der Waals surface area contributed by atoms with Gasteiger partial charge in [0.15, 0.2) is 0 Å². The van der Waals surface area contributed by atoms with Crippen molar-refractivity contribution >= 4 is 22.1 Å². The Morgan fingerprint density at radius 3 is 2.78 bits per heavy atom. The molecule has 1 aromatic heterocycles. The number of carboxylic acid groups (broad SMARTS) is 1. The largest absolute Gasteiger partial charge is 0.545 e. The summed E-state index contributed by atoms with van der Waals surface area (Å²) in [6.07, 6.45) is 5.32. The van der Waals surface area contributed by atoms with E-state index in [1.165, 1.54) is 12.1 Å². The molecular weight excluding hydrogens is 316 g/mol. The number of nitrogens with one attached hydrogen (secondary N) is 1. The first kappa shape index (κ1) is 16.9. The summed E-state index contributed by atoms with van der Waals surface area (Å²) in [7, 11) is -3.72. The van der Waals surface area contributed by atoms with Gasteiger partial charge in [-0.3, -0.25) is 4.98 Å². The fraction of sp³-hybridized carbons (Fsp3) is 0.125. The fourth-order valence-electron chi connectivity index (χ4n) is 1.93. The van der Waals surface area contributed by atoms with Crippen LogP contribution in [-0.2, 0) is 21.4 Å². The molecule has 6 nitrogen and oxygen atoms in total. The Morgan fingerprint density at radius 1 is 1.35 bits per heavy atom. The quantitative estimate of drug-likeness (QED) is 0.783. The maximum absolute atomic E-state index is 12.4. The molecule has 1 N–H and O–H groups in total. The molecule has 0 radical (unpaired) electrons. The fourth-order valence-corrected chi connectivity index (χ4v) is 3.23. The van der Waals surface area contributed by atoms with Crippen LogP contribution in [0.5, 0.6) is 0 Å². The van der Waals surface area contributed by atoms with E-state index >= 15 is 0 Å². The molecule has 0 aliphatic carbocycles. The Morgan fingerprint density at radius 2 is 2.13 bits per heavy atom. The average molecular weight is 331 g/mol. The van der Waals surface area contributed by atoms with Gasteiger partial charge in [0.25, 0.3) is 0 Å². The molecule has 0 spiro atoms. The lowest BCUT2D eigenvalue weighted by Crippen LogP contribution is -2.24. The lowest BCUT2D eigenvalue weighted by molar-refractivity contribution is -0.297. The number of nitrogens with zero attached hydrogens (tertiary/aromatic N) is 1. The van der Waals surface area contributed by atoms with Gasteiger partial charge in [0.2, 0.25) is 10.0 Å². The number of carboxylic acids is 1. The van der Waals surface area contributed by atoms with Crippen molar-refractivity contribution in [2.45, 2.75) is 18.4 Å². The van der Waals surface area contributed by atoms with Crippen LogP contribution in [-0.4, -0.2) is 19.4 Å². The lowest BCUT2D eigenvalue weighted by Gasteiger charge is -2.10. The molecule has 7 heteroatoms. The van der Waals surface area contributed by atoms with E-state index in [1.807, 2.05) is 0 Å². The molecule has 2 aromatic rings. The Bertz CT molecular complexity index is 830. The number of pyridine rings is 1. The van der Waals surface area contributed by atoms with Gasteiger partial charge in [0, 0.05) is 18.9 Å². The molecule has 0 fully saturated rings. The number of hydrogen-bond donors (Lipinski definition) is 1. The van der Waals surface area contributed by atoms with Gasteiger partial charge in [-0.1, -0.05) is 24.3 Å². The lowest BCUT2D eigenvalue weighted by atomic mass is 10.1. The smallest absolute Gasteiger partial charge is 0.241 e. The number of carbonyl (C=O) groups excluding carboxylic acids is 1. The van der Waals surface area contributed by atoms with Crippen molar-refractivity contribution < 1.29 is 18.3 Å². The van der Waals surface area contributed by atoms with Gasteiger partial charge >= 0.3 is 0 Å². The molecule has 0 unspecified atom stereocenters. The van der Waals surface area contributed by atoms with Crippen LogP contribution in [0.25, 0.3) is 6.08 Å². The first-order valence-corrected chi connectivity index (χ1v) is 8.25. The highest BCUT2D eigenvalue weighted by molar-refractivity contribution is 7.89. The van der Waals surface area contributed by atoms with Crippen LogP contribution in [0.15, 0.2) is 53.7 Å². The maximum Gasteiger partial charge on any atom is 0.241 e. The van der Waals surface area contributed by atoms with Crippen LogP contribution in [0, 0.1) is 6.92 Å². The SMILES string of the molecule is Cc1ccc(C=CC(=O)[O-])cc1S(=O)(=O)NCc1cccnc1. The monoisotopic (exact) mass is 331 g/mol. The van der Waals surface area contributed by atoms with Crippen LogP contribution < -0.4 is 9.83 Å². The Labute approximate surface area is 134 Å². The number of carbonyl (C=O) groups is 1. The molecule has 0 amide bonds. The van der Waals surface area contributed by atoms with E-state index in [9.17, 15) is 18.3 Å². The topological polar surface area (TPSA) is 99.2 Å². The van der Waals surface area contributed by atoms with Crippen LogP contribution in [0.2, 0.25) is 0 Å². The van der Waals surface area contributed by atoms with Gasteiger partial charge in [-0.25, -0.2) is 13.1 Å². The summed E-state index contributed by atoms with van der Waals surface area (Å²) in [5.74, 6) is -1.34. The van der Waals surface area contributed by atoms with Crippen LogP contribution in [0.1, 0.15) is 16.7 Å². The Kier molecular flexibility index (Phi) is 5.25. The number of sulfonamides is 1. The van der Waals surface area contributed by atoms with Crippen molar-refractivity contribution in [3.05, 3.63) is 65.5 Å². The second-order valence-corrected chi connectivity index (χ2v) is 6.60. The predicted molar refractivity (Wildman–Crippen MR) is 83.5 cm³/mol. The minimum Gasteiger partial charge on any atom is -0.545 e. The standard InChI is InChI=1S/C16H16N2O4S/c1-12-4-5-13(6-7-16(19)20)9-15(12)23(21,22)18-11-14-3-2-8-17-10-14/h2-10,18H,11H2,1H3,(H,19,20)/p-1. The van der Waals surface area contributed by atoms with Crippen LogP contribution in [0.4, 0.5) is 0 Å². The summed E-state index contributed by atoms with van der Waals surface area (Å²) in [5, 5.41) is 10.4. The zero-order valence-electron chi connectivity index (χ0n) is 12.4. The summed E-state index contributed by atoms with van der Waals surface area (Å²) in [6, 6.07) is 8.16. The van der Waals surface area contributed by atoms with Gasteiger partial charge in [0.05, 0.1) is 10.9 Å². The zero-order valence-corrected chi connectivity index (χ0v) is 13.2. The first-order valence-electron chi connectivity index (χ1n) is 6.77. The molecule has 23 heavy (non-hydrogen) atoms. The maximum atomic E-state index is 12.4. The second kappa shape index (κ2) is 7.17. The highest BCUT2D eigenvalue weighted by Crippen LogP contribution is 2.18. The number of hydrogen-bond acceptors (Lipinski definition) is 5. The molecule has 0 atom stereocenters. The minimum atomic E-state index is -3.72. The Balaban J connectivity index is 2.24. The van der Waals surface area contributed by atoms with E-state index in [0.29, 0.717) is 11.1 Å². The molecule has 0 aliphatic heterocycles. The predicted octanol–water partition coefficient (Wildman–Crippen LogP) is 0.632. The van der Waals surface area contributed by atoms with E-state index in [2.05, 4.69) is 9.71 Å². The summed E-state index contributed by atoms with van der Waals surface area (Å²) in [5.41, 5.74) is 1.76. The number of aliphatic carboxylic acids is 1. The van der Waals surface area contributed by atoms with Gasteiger partial charge in [-0.05, 0) is 41.8 Å². The number of rotatable bonds is 6. The Hall–Kier alpha value is -2.51. The van der Waals surface area contributed by atoms with Crippen molar-refractivity contribution in [3.8, 4) is 0 Å². The third kappa shape index (κ3) is 4.73. The number of aromatic nitrogens is 1. The highest BCUT2D eigenvalue weighted by atomic mass is 32.2. The molecule has 1 aromatic carbocycles. The van der Waals surface area contributed by atoms with E-state index in [-0.39, 0.29) is 11.4 Å². The molecular formula is C16H15N2O4S-. The van der Waals surface area contributed by atoms with Crippen molar-refractivity contribution in [1.82, 2.24) is 9.71 Å². The highest BCUT2D eigenvalue weighted by Gasteiger charge is 2.16. The molecule has 2 rings (SSSR count). The first-order chi connectivity index (χ1) is 10.9. The van der Waals surface area contributed by atoms with Crippen molar-refractivity contribution in [3.63, 3.8) is 0 Å². The van der Waals surface area contributed by atoms with Crippen molar-refractivity contribution in [2.75, 3.05) is 0 Å². The van der Waals surface area contributed by atoms with Gasteiger partial charge in [0.1, 0.15) is 0 Å².